The van der Waals surface area contributed by atoms with Gasteiger partial charge >= 0.3 is 0 Å². The molecule has 2 aromatic rings. The van der Waals surface area contributed by atoms with Crippen LogP contribution in [0.2, 0.25) is 5.02 Å². The molecule has 0 aromatic heterocycles. The van der Waals surface area contributed by atoms with Crippen molar-refractivity contribution in [2.45, 2.75) is 32.4 Å². The SMILES string of the molecule is CCC(NC(=O)C(C)Oc1ccc(Cl)cc1)c1ccc(OC)c(OC)c1. The van der Waals surface area contributed by atoms with Gasteiger partial charge in [-0.3, -0.25) is 4.79 Å². The number of benzene rings is 2. The zero-order valence-corrected chi connectivity index (χ0v) is 16.2. The van der Waals surface area contributed by atoms with Crippen LogP contribution in [0.3, 0.4) is 0 Å². The quantitative estimate of drug-likeness (QED) is 0.741. The Balaban J connectivity index is 2.06. The predicted octanol–water partition coefficient (Wildman–Crippen LogP) is 4.39. The van der Waals surface area contributed by atoms with Gasteiger partial charge in [0, 0.05) is 5.02 Å². The number of ether oxygens (including phenoxy) is 3. The molecule has 0 aliphatic carbocycles. The van der Waals surface area contributed by atoms with Crippen molar-refractivity contribution >= 4 is 17.5 Å². The molecule has 2 rings (SSSR count). The summed E-state index contributed by atoms with van der Waals surface area (Å²) in [5, 5.41) is 3.64. The van der Waals surface area contributed by atoms with Gasteiger partial charge in [-0.05, 0) is 55.3 Å². The van der Waals surface area contributed by atoms with Gasteiger partial charge in [-0.25, -0.2) is 0 Å². The Kier molecular flexibility index (Phi) is 7.16. The van der Waals surface area contributed by atoms with Gasteiger partial charge in [-0.1, -0.05) is 24.6 Å². The van der Waals surface area contributed by atoms with Crippen LogP contribution < -0.4 is 19.5 Å². The zero-order valence-electron chi connectivity index (χ0n) is 15.4. The number of nitrogens with one attached hydrogen (secondary N) is 1. The van der Waals surface area contributed by atoms with E-state index in [4.69, 9.17) is 25.8 Å². The minimum absolute atomic E-state index is 0.154. The summed E-state index contributed by atoms with van der Waals surface area (Å²) in [4.78, 5) is 12.5. The molecule has 140 valence electrons. The zero-order chi connectivity index (χ0) is 19.1. The summed E-state index contributed by atoms with van der Waals surface area (Å²) in [5.74, 6) is 1.68. The van der Waals surface area contributed by atoms with E-state index in [-0.39, 0.29) is 11.9 Å². The van der Waals surface area contributed by atoms with Gasteiger partial charge in [0.1, 0.15) is 5.75 Å². The molecule has 1 amide bonds. The van der Waals surface area contributed by atoms with Crippen LogP contribution in [0.25, 0.3) is 0 Å². The summed E-state index contributed by atoms with van der Waals surface area (Å²) in [5.41, 5.74) is 0.942. The molecule has 5 nitrogen and oxygen atoms in total. The van der Waals surface area contributed by atoms with Gasteiger partial charge < -0.3 is 19.5 Å². The van der Waals surface area contributed by atoms with Crippen LogP contribution >= 0.6 is 11.6 Å². The van der Waals surface area contributed by atoms with E-state index in [1.54, 1.807) is 45.4 Å². The van der Waals surface area contributed by atoms with Gasteiger partial charge in [0.15, 0.2) is 17.6 Å². The van der Waals surface area contributed by atoms with Gasteiger partial charge in [0.25, 0.3) is 5.91 Å². The first-order chi connectivity index (χ1) is 12.5. The summed E-state index contributed by atoms with van der Waals surface area (Å²) in [6.45, 7) is 3.72. The van der Waals surface area contributed by atoms with Gasteiger partial charge in [0.2, 0.25) is 0 Å². The molecule has 2 atom stereocenters. The summed E-state index contributed by atoms with van der Waals surface area (Å²) in [7, 11) is 3.18. The molecular formula is C20H24ClNO4. The van der Waals surface area contributed by atoms with E-state index < -0.39 is 6.10 Å². The number of rotatable bonds is 8. The van der Waals surface area contributed by atoms with Crippen molar-refractivity contribution in [3.05, 3.63) is 53.1 Å². The molecule has 0 saturated heterocycles. The van der Waals surface area contributed by atoms with E-state index in [2.05, 4.69) is 5.32 Å². The lowest BCUT2D eigenvalue weighted by atomic mass is 10.0. The second-order valence-electron chi connectivity index (χ2n) is 5.80. The van der Waals surface area contributed by atoms with Crippen molar-refractivity contribution in [1.82, 2.24) is 5.32 Å². The van der Waals surface area contributed by atoms with Crippen molar-refractivity contribution in [1.29, 1.82) is 0 Å². The first kappa shape index (κ1) is 19.9. The van der Waals surface area contributed by atoms with Crippen molar-refractivity contribution in [3.63, 3.8) is 0 Å². The van der Waals surface area contributed by atoms with E-state index in [1.165, 1.54) is 0 Å². The van der Waals surface area contributed by atoms with E-state index >= 15 is 0 Å². The van der Waals surface area contributed by atoms with Crippen molar-refractivity contribution in [3.8, 4) is 17.2 Å². The molecule has 0 bridgehead atoms. The standard InChI is InChI=1S/C20H24ClNO4/c1-5-17(14-6-11-18(24-3)19(12-14)25-4)22-20(23)13(2)26-16-9-7-15(21)8-10-16/h6-13,17H,5H2,1-4H3,(H,22,23). The van der Waals surface area contributed by atoms with Crippen LogP contribution in [-0.4, -0.2) is 26.2 Å². The lowest BCUT2D eigenvalue weighted by Crippen LogP contribution is -2.38. The summed E-state index contributed by atoms with van der Waals surface area (Å²) < 4.78 is 16.3. The van der Waals surface area contributed by atoms with Gasteiger partial charge in [0.05, 0.1) is 20.3 Å². The number of carbonyl (C=O) groups is 1. The number of halogens is 1. The topological polar surface area (TPSA) is 56.8 Å². The fourth-order valence-corrected chi connectivity index (χ4v) is 2.68. The van der Waals surface area contributed by atoms with Crippen molar-refractivity contribution in [2.24, 2.45) is 0 Å². The maximum absolute atomic E-state index is 12.5. The Morgan fingerprint density at radius 2 is 1.73 bits per heavy atom. The fourth-order valence-electron chi connectivity index (χ4n) is 2.55. The number of carbonyl (C=O) groups excluding carboxylic acids is 1. The highest BCUT2D eigenvalue weighted by Crippen LogP contribution is 2.31. The maximum Gasteiger partial charge on any atom is 0.261 e. The summed E-state index contributed by atoms with van der Waals surface area (Å²) in [6.07, 6.45) is 0.0971. The normalized spacial score (nSPS) is 12.8. The highest BCUT2D eigenvalue weighted by Gasteiger charge is 2.20. The molecule has 2 unspecified atom stereocenters. The summed E-state index contributed by atoms with van der Waals surface area (Å²) in [6, 6.07) is 12.4. The average Bonchev–Trinajstić information content (AvgIpc) is 2.67. The van der Waals surface area contributed by atoms with Crippen LogP contribution in [0.1, 0.15) is 31.9 Å². The number of amides is 1. The van der Waals surface area contributed by atoms with E-state index in [0.717, 1.165) is 12.0 Å². The van der Waals surface area contributed by atoms with Crippen LogP contribution in [0.4, 0.5) is 0 Å². The first-order valence-electron chi connectivity index (χ1n) is 8.43. The van der Waals surface area contributed by atoms with Gasteiger partial charge in [-0.2, -0.15) is 0 Å². The van der Waals surface area contributed by atoms with Crippen LogP contribution in [0.5, 0.6) is 17.2 Å². The number of hydrogen-bond donors (Lipinski definition) is 1. The summed E-state index contributed by atoms with van der Waals surface area (Å²) >= 11 is 5.86. The average molecular weight is 378 g/mol. The van der Waals surface area contributed by atoms with Crippen molar-refractivity contribution < 1.29 is 19.0 Å². The minimum Gasteiger partial charge on any atom is -0.493 e. The molecule has 0 aliphatic heterocycles. The lowest BCUT2D eigenvalue weighted by molar-refractivity contribution is -0.128. The second-order valence-corrected chi connectivity index (χ2v) is 6.23. The second kappa shape index (κ2) is 9.34. The van der Waals surface area contributed by atoms with Crippen LogP contribution in [-0.2, 0) is 4.79 Å². The third-order valence-electron chi connectivity index (χ3n) is 4.03. The smallest absolute Gasteiger partial charge is 0.261 e. The molecule has 0 fully saturated rings. The number of methoxy groups -OCH3 is 2. The molecule has 0 radical (unpaired) electrons. The van der Waals surface area contributed by atoms with E-state index in [0.29, 0.717) is 22.3 Å². The Morgan fingerprint density at radius 3 is 2.31 bits per heavy atom. The first-order valence-corrected chi connectivity index (χ1v) is 8.80. The third-order valence-corrected chi connectivity index (χ3v) is 4.28. The molecule has 1 N–H and O–H groups in total. The molecule has 0 spiro atoms. The molecule has 0 heterocycles. The Bertz CT molecular complexity index is 733. The molecule has 0 aliphatic rings. The molecule has 26 heavy (non-hydrogen) atoms. The lowest BCUT2D eigenvalue weighted by Gasteiger charge is -2.22. The predicted molar refractivity (Wildman–Crippen MR) is 102 cm³/mol. The van der Waals surface area contributed by atoms with E-state index in [1.807, 2.05) is 25.1 Å². The Labute approximate surface area is 159 Å². The largest absolute Gasteiger partial charge is 0.493 e. The maximum atomic E-state index is 12.5. The van der Waals surface area contributed by atoms with Gasteiger partial charge in [-0.15, -0.1) is 0 Å². The Morgan fingerprint density at radius 1 is 1.08 bits per heavy atom. The van der Waals surface area contributed by atoms with Crippen LogP contribution in [0.15, 0.2) is 42.5 Å². The van der Waals surface area contributed by atoms with Crippen molar-refractivity contribution in [2.75, 3.05) is 14.2 Å². The highest BCUT2D eigenvalue weighted by atomic mass is 35.5. The van der Waals surface area contributed by atoms with Crippen LogP contribution in [0, 0.1) is 0 Å². The van der Waals surface area contributed by atoms with E-state index in [9.17, 15) is 4.79 Å². The third kappa shape index (κ3) is 5.05. The Hall–Kier alpha value is -2.40. The highest BCUT2D eigenvalue weighted by molar-refractivity contribution is 6.30. The molecular weight excluding hydrogens is 354 g/mol. The minimum atomic E-state index is -0.634. The monoisotopic (exact) mass is 377 g/mol. The molecule has 6 heteroatoms. The fraction of sp³-hybridized carbons (Fsp3) is 0.350. The molecule has 0 saturated carbocycles. The molecule has 2 aromatic carbocycles. The number of hydrogen-bond acceptors (Lipinski definition) is 4.